The Morgan fingerprint density at radius 3 is 2.73 bits per heavy atom. The minimum absolute atomic E-state index is 0.0698. The van der Waals surface area contributed by atoms with Gasteiger partial charge < -0.3 is 16.2 Å². The van der Waals surface area contributed by atoms with Crippen molar-refractivity contribution < 1.29 is 14.7 Å². The number of carboxylic acids is 1. The fraction of sp³-hybridized carbons (Fsp3) is 0.778. The summed E-state index contributed by atoms with van der Waals surface area (Å²) in [6, 6.07) is -0.484. The zero-order valence-electron chi connectivity index (χ0n) is 8.86. The van der Waals surface area contributed by atoms with E-state index in [9.17, 15) is 9.59 Å². The van der Waals surface area contributed by atoms with Crippen molar-refractivity contribution in [2.75, 3.05) is 18.6 Å². The largest absolute Gasteiger partial charge is 0.481 e. The SMILES string of the molecule is CSCC[C@H](N)C(=O)NCCCC(=O)O. The lowest BCUT2D eigenvalue weighted by Crippen LogP contribution is -2.41. The highest BCUT2D eigenvalue weighted by molar-refractivity contribution is 7.98. The number of thioether (sulfide) groups is 1. The summed E-state index contributed by atoms with van der Waals surface area (Å²) in [6.07, 6.45) is 3.11. The molecule has 0 unspecified atom stereocenters. The van der Waals surface area contributed by atoms with Crippen molar-refractivity contribution in [1.29, 1.82) is 0 Å². The van der Waals surface area contributed by atoms with Crippen molar-refractivity contribution in [3.8, 4) is 0 Å². The highest BCUT2D eigenvalue weighted by Gasteiger charge is 2.11. The lowest BCUT2D eigenvalue weighted by atomic mass is 10.2. The van der Waals surface area contributed by atoms with Gasteiger partial charge in [-0.1, -0.05) is 0 Å². The van der Waals surface area contributed by atoms with Gasteiger partial charge in [-0.2, -0.15) is 11.8 Å². The molecule has 4 N–H and O–H groups in total. The van der Waals surface area contributed by atoms with Crippen LogP contribution in [0.4, 0.5) is 0 Å². The second-order valence-electron chi connectivity index (χ2n) is 3.18. The number of nitrogens with two attached hydrogens (primary N) is 1. The molecule has 0 saturated heterocycles. The van der Waals surface area contributed by atoms with Gasteiger partial charge in [-0.3, -0.25) is 9.59 Å². The van der Waals surface area contributed by atoms with Gasteiger partial charge in [-0.05, 0) is 24.9 Å². The van der Waals surface area contributed by atoms with Crippen molar-refractivity contribution in [3.63, 3.8) is 0 Å². The summed E-state index contributed by atoms with van der Waals surface area (Å²) < 4.78 is 0. The predicted molar refractivity (Wildman–Crippen MR) is 60.9 cm³/mol. The first-order valence-corrected chi connectivity index (χ1v) is 6.21. The maximum Gasteiger partial charge on any atom is 0.303 e. The highest BCUT2D eigenvalue weighted by Crippen LogP contribution is 1.98. The van der Waals surface area contributed by atoms with Gasteiger partial charge in [0.15, 0.2) is 0 Å². The van der Waals surface area contributed by atoms with Gasteiger partial charge in [-0.25, -0.2) is 0 Å². The van der Waals surface area contributed by atoms with Gasteiger partial charge in [0, 0.05) is 13.0 Å². The quantitative estimate of drug-likeness (QED) is 0.516. The first kappa shape index (κ1) is 14.2. The van der Waals surface area contributed by atoms with Crippen molar-refractivity contribution in [2.45, 2.75) is 25.3 Å². The predicted octanol–water partition coefficient (Wildman–Crippen LogP) is 0.0478. The van der Waals surface area contributed by atoms with E-state index in [1.54, 1.807) is 11.8 Å². The summed E-state index contributed by atoms with van der Waals surface area (Å²) in [6.45, 7) is 0.373. The summed E-state index contributed by atoms with van der Waals surface area (Å²) >= 11 is 1.64. The minimum atomic E-state index is -0.851. The lowest BCUT2D eigenvalue weighted by molar-refractivity contribution is -0.137. The Kier molecular flexibility index (Phi) is 8.12. The van der Waals surface area contributed by atoms with Crippen LogP contribution < -0.4 is 11.1 Å². The second kappa shape index (κ2) is 8.55. The molecule has 0 aliphatic rings. The molecule has 0 aliphatic heterocycles. The molecule has 0 heterocycles. The molecule has 6 heteroatoms. The molecule has 1 amide bonds. The Morgan fingerprint density at radius 2 is 2.20 bits per heavy atom. The normalized spacial score (nSPS) is 12.1. The molecule has 0 aliphatic carbocycles. The van der Waals surface area contributed by atoms with Crippen molar-refractivity contribution in [2.24, 2.45) is 5.73 Å². The van der Waals surface area contributed by atoms with Crippen LogP contribution in [0.15, 0.2) is 0 Å². The number of nitrogens with one attached hydrogen (secondary N) is 1. The average Bonchev–Trinajstić information content (AvgIpc) is 2.20. The Balaban J connectivity index is 3.51. The van der Waals surface area contributed by atoms with E-state index < -0.39 is 12.0 Å². The lowest BCUT2D eigenvalue weighted by Gasteiger charge is -2.10. The Hall–Kier alpha value is -0.750. The average molecular weight is 234 g/mol. The number of carbonyl (C=O) groups excluding carboxylic acids is 1. The molecule has 0 spiro atoms. The van der Waals surface area contributed by atoms with Crippen LogP contribution in [0.3, 0.4) is 0 Å². The summed E-state index contributed by atoms with van der Waals surface area (Å²) in [4.78, 5) is 21.5. The van der Waals surface area contributed by atoms with Crippen LogP contribution >= 0.6 is 11.8 Å². The molecule has 0 aromatic heterocycles. The first-order valence-electron chi connectivity index (χ1n) is 4.82. The molecule has 0 aromatic rings. The zero-order valence-corrected chi connectivity index (χ0v) is 9.68. The fourth-order valence-corrected chi connectivity index (χ4v) is 1.45. The fourth-order valence-electron chi connectivity index (χ4n) is 0.958. The maximum absolute atomic E-state index is 11.3. The summed E-state index contributed by atoms with van der Waals surface area (Å²) in [7, 11) is 0. The van der Waals surface area contributed by atoms with Crippen molar-refractivity contribution in [1.82, 2.24) is 5.32 Å². The van der Waals surface area contributed by atoms with Crippen LogP contribution in [-0.4, -0.2) is 41.6 Å². The molecular weight excluding hydrogens is 216 g/mol. The van der Waals surface area contributed by atoms with Gasteiger partial charge in [0.05, 0.1) is 6.04 Å². The molecule has 15 heavy (non-hydrogen) atoms. The number of rotatable bonds is 8. The van der Waals surface area contributed by atoms with Crippen LogP contribution in [-0.2, 0) is 9.59 Å². The Labute approximate surface area is 93.8 Å². The van der Waals surface area contributed by atoms with Gasteiger partial charge >= 0.3 is 5.97 Å². The third-order valence-corrected chi connectivity index (χ3v) is 2.48. The van der Waals surface area contributed by atoms with Crippen molar-refractivity contribution in [3.05, 3.63) is 0 Å². The first-order chi connectivity index (χ1) is 7.07. The Bertz CT molecular complexity index is 212. The van der Waals surface area contributed by atoms with E-state index in [1.165, 1.54) is 0 Å². The Morgan fingerprint density at radius 1 is 1.53 bits per heavy atom. The van der Waals surface area contributed by atoms with E-state index in [0.29, 0.717) is 19.4 Å². The van der Waals surface area contributed by atoms with E-state index in [2.05, 4.69) is 5.32 Å². The van der Waals surface area contributed by atoms with Crippen molar-refractivity contribution >= 4 is 23.6 Å². The van der Waals surface area contributed by atoms with Crippen LogP contribution in [0.2, 0.25) is 0 Å². The standard InChI is InChI=1S/C9H18N2O3S/c1-15-6-4-7(10)9(14)11-5-2-3-8(12)13/h7H,2-6,10H2,1H3,(H,11,14)(H,12,13)/t7-/m0/s1. The summed E-state index contributed by atoms with van der Waals surface area (Å²) in [5.41, 5.74) is 5.60. The van der Waals surface area contributed by atoms with Gasteiger partial charge in [0.25, 0.3) is 0 Å². The van der Waals surface area contributed by atoms with Crippen LogP contribution in [0.1, 0.15) is 19.3 Å². The summed E-state index contributed by atoms with van der Waals surface area (Å²) in [5.74, 6) is -0.200. The van der Waals surface area contributed by atoms with Gasteiger partial charge in [-0.15, -0.1) is 0 Å². The van der Waals surface area contributed by atoms with E-state index in [-0.39, 0.29) is 12.3 Å². The molecule has 5 nitrogen and oxygen atoms in total. The van der Waals surface area contributed by atoms with Crippen LogP contribution in [0, 0.1) is 0 Å². The van der Waals surface area contributed by atoms with Gasteiger partial charge in [0.2, 0.25) is 5.91 Å². The molecule has 0 saturated carbocycles. The monoisotopic (exact) mass is 234 g/mol. The highest BCUT2D eigenvalue weighted by atomic mass is 32.2. The second-order valence-corrected chi connectivity index (χ2v) is 4.16. The van der Waals surface area contributed by atoms with E-state index in [0.717, 1.165) is 5.75 Å². The zero-order chi connectivity index (χ0) is 11.7. The van der Waals surface area contributed by atoms with Crippen LogP contribution in [0.5, 0.6) is 0 Å². The topological polar surface area (TPSA) is 92.4 Å². The van der Waals surface area contributed by atoms with Gasteiger partial charge in [0.1, 0.15) is 0 Å². The number of aliphatic carboxylic acids is 1. The third kappa shape index (κ3) is 8.26. The molecule has 1 atom stereocenters. The number of carboxylic acid groups (broad SMARTS) is 1. The maximum atomic E-state index is 11.3. The number of carbonyl (C=O) groups is 2. The molecule has 0 aromatic carbocycles. The third-order valence-electron chi connectivity index (χ3n) is 1.84. The molecule has 0 fully saturated rings. The number of amides is 1. The summed E-state index contributed by atoms with van der Waals surface area (Å²) in [5, 5.41) is 11.0. The number of hydrogen-bond donors (Lipinski definition) is 3. The molecule has 0 rings (SSSR count). The van der Waals surface area contributed by atoms with E-state index in [4.69, 9.17) is 10.8 Å². The minimum Gasteiger partial charge on any atom is -0.481 e. The van der Waals surface area contributed by atoms with Crippen LogP contribution in [0.25, 0.3) is 0 Å². The van der Waals surface area contributed by atoms with E-state index in [1.807, 2.05) is 6.26 Å². The van der Waals surface area contributed by atoms with E-state index >= 15 is 0 Å². The number of hydrogen-bond acceptors (Lipinski definition) is 4. The molecular formula is C9H18N2O3S. The molecule has 0 bridgehead atoms. The molecule has 88 valence electrons. The molecule has 0 radical (unpaired) electrons. The smallest absolute Gasteiger partial charge is 0.303 e.